The number of nitrogens with zero attached hydrogens (tertiary/aromatic N) is 1. The van der Waals surface area contributed by atoms with Crippen LogP contribution in [0, 0.1) is 17.8 Å². The minimum absolute atomic E-state index is 0.00111. The Morgan fingerprint density at radius 2 is 1.82 bits per heavy atom. The van der Waals surface area contributed by atoms with Crippen molar-refractivity contribution in [1.82, 2.24) is 10.2 Å². The summed E-state index contributed by atoms with van der Waals surface area (Å²) >= 11 is 1.61. The Labute approximate surface area is 229 Å². The van der Waals surface area contributed by atoms with Gasteiger partial charge in [-0.15, -0.1) is 11.8 Å². The predicted octanol–water partition coefficient (Wildman–Crippen LogP) is 4.53. The number of carbonyl (C=O) groups is 3. The van der Waals surface area contributed by atoms with Crippen molar-refractivity contribution in [3.8, 4) is 0 Å². The molecule has 7 nitrogen and oxygen atoms in total. The lowest BCUT2D eigenvalue weighted by Gasteiger charge is -2.40. The van der Waals surface area contributed by atoms with Crippen LogP contribution in [0.1, 0.15) is 64.7 Å². The molecule has 5 atom stereocenters. The molecule has 2 N–H and O–H groups in total. The van der Waals surface area contributed by atoms with Gasteiger partial charge in [-0.2, -0.15) is 0 Å². The highest BCUT2D eigenvalue weighted by atomic mass is 32.2. The molecule has 1 aromatic rings. The SMILES string of the molecule is CSc1cccc(NC(=O)C2C3C=CC4(O3)C2C(=O)N(C2CCC(C)CC2)C4C(=O)NC2CCCCC2)c1. The van der Waals surface area contributed by atoms with Crippen molar-refractivity contribution in [2.24, 2.45) is 17.8 Å². The van der Waals surface area contributed by atoms with E-state index in [2.05, 4.69) is 17.6 Å². The number of rotatable bonds is 6. The maximum absolute atomic E-state index is 14.3. The molecule has 0 aromatic heterocycles. The number of ether oxygens (including phenoxy) is 1. The van der Waals surface area contributed by atoms with Crippen LogP contribution < -0.4 is 10.6 Å². The topological polar surface area (TPSA) is 87.7 Å². The number of anilines is 1. The van der Waals surface area contributed by atoms with E-state index in [0.29, 0.717) is 11.6 Å². The van der Waals surface area contributed by atoms with Crippen LogP contribution in [0.5, 0.6) is 0 Å². The average molecular weight is 538 g/mol. The smallest absolute Gasteiger partial charge is 0.246 e. The van der Waals surface area contributed by atoms with E-state index in [1.54, 1.807) is 11.8 Å². The summed E-state index contributed by atoms with van der Waals surface area (Å²) in [5.74, 6) is -1.17. The summed E-state index contributed by atoms with van der Waals surface area (Å²) < 4.78 is 6.54. The number of thioether (sulfide) groups is 1. The van der Waals surface area contributed by atoms with Gasteiger partial charge in [-0.3, -0.25) is 14.4 Å². The maximum atomic E-state index is 14.3. The second-order valence-electron chi connectivity index (χ2n) is 11.9. The van der Waals surface area contributed by atoms with Gasteiger partial charge in [-0.25, -0.2) is 0 Å². The molecule has 0 radical (unpaired) electrons. The molecule has 3 heterocycles. The number of hydrogen-bond acceptors (Lipinski definition) is 5. The second kappa shape index (κ2) is 10.3. The van der Waals surface area contributed by atoms with Crippen molar-refractivity contribution >= 4 is 35.2 Å². The number of carbonyl (C=O) groups excluding carboxylic acids is 3. The van der Waals surface area contributed by atoms with Gasteiger partial charge in [0.15, 0.2) is 0 Å². The van der Waals surface area contributed by atoms with Crippen LogP contribution in [-0.4, -0.2) is 58.7 Å². The number of benzene rings is 1. The summed E-state index contributed by atoms with van der Waals surface area (Å²) in [6.07, 6.45) is 14.5. The summed E-state index contributed by atoms with van der Waals surface area (Å²) in [4.78, 5) is 44.9. The lowest BCUT2D eigenvalue weighted by Crippen LogP contribution is -2.58. The fourth-order valence-electron chi connectivity index (χ4n) is 7.57. The van der Waals surface area contributed by atoms with Gasteiger partial charge in [-0.05, 0) is 68.9 Å². The van der Waals surface area contributed by atoms with Crippen LogP contribution in [0.4, 0.5) is 5.69 Å². The Balaban J connectivity index is 1.31. The van der Waals surface area contributed by atoms with Gasteiger partial charge in [-0.1, -0.05) is 44.4 Å². The van der Waals surface area contributed by atoms with E-state index in [0.717, 1.165) is 56.3 Å². The maximum Gasteiger partial charge on any atom is 0.246 e. The molecule has 1 aromatic carbocycles. The van der Waals surface area contributed by atoms with Gasteiger partial charge in [0.1, 0.15) is 11.6 Å². The second-order valence-corrected chi connectivity index (χ2v) is 12.8. The normalized spacial score (nSPS) is 36.4. The molecule has 4 fully saturated rings. The quantitative estimate of drug-likeness (QED) is 0.411. The van der Waals surface area contributed by atoms with Crippen LogP contribution in [0.3, 0.4) is 0 Å². The molecule has 204 valence electrons. The first kappa shape index (κ1) is 25.9. The predicted molar refractivity (Wildman–Crippen MR) is 148 cm³/mol. The van der Waals surface area contributed by atoms with E-state index in [1.807, 2.05) is 47.6 Å². The molecule has 2 saturated carbocycles. The Morgan fingerprint density at radius 1 is 1.05 bits per heavy atom. The van der Waals surface area contributed by atoms with Gasteiger partial charge >= 0.3 is 0 Å². The van der Waals surface area contributed by atoms with E-state index in [-0.39, 0.29) is 29.8 Å². The molecule has 2 aliphatic carbocycles. The Bertz CT molecular complexity index is 1130. The molecule has 8 heteroatoms. The molecule has 3 amide bonds. The zero-order valence-electron chi connectivity index (χ0n) is 22.4. The lowest BCUT2D eigenvalue weighted by molar-refractivity contribution is -0.145. The van der Waals surface area contributed by atoms with E-state index in [1.165, 1.54) is 6.42 Å². The fourth-order valence-corrected chi connectivity index (χ4v) is 8.03. The van der Waals surface area contributed by atoms with E-state index in [9.17, 15) is 14.4 Å². The van der Waals surface area contributed by atoms with Crippen LogP contribution in [0.25, 0.3) is 0 Å². The molecule has 2 saturated heterocycles. The summed E-state index contributed by atoms with van der Waals surface area (Å²) in [5.41, 5.74) is -0.384. The van der Waals surface area contributed by atoms with Crippen molar-refractivity contribution in [1.29, 1.82) is 0 Å². The molecule has 5 unspecified atom stereocenters. The lowest BCUT2D eigenvalue weighted by atomic mass is 9.74. The summed E-state index contributed by atoms with van der Waals surface area (Å²) in [7, 11) is 0. The first-order valence-corrected chi connectivity index (χ1v) is 15.6. The Kier molecular flexibility index (Phi) is 7.06. The van der Waals surface area contributed by atoms with Gasteiger partial charge < -0.3 is 20.3 Å². The fraction of sp³-hybridized carbons (Fsp3) is 0.633. The summed E-state index contributed by atoms with van der Waals surface area (Å²) in [6, 6.07) is 7.12. The van der Waals surface area contributed by atoms with Crippen molar-refractivity contribution in [2.45, 2.75) is 99.4 Å². The number of likely N-dealkylation sites (tertiary alicyclic amines) is 1. The molecule has 2 bridgehead atoms. The van der Waals surface area contributed by atoms with Crippen LogP contribution in [0.15, 0.2) is 41.3 Å². The summed E-state index contributed by atoms with van der Waals surface area (Å²) in [6.45, 7) is 2.25. The van der Waals surface area contributed by atoms with Crippen molar-refractivity contribution in [3.63, 3.8) is 0 Å². The molecule has 6 rings (SSSR count). The first-order valence-electron chi connectivity index (χ1n) is 14.4. The largest absolute Gasteiger partial charge is 0.359 e. The molecule has 3 aliphatic heterocycles. The molecule has 5 aliphatic rings. The zero-order chi connectivity index (χ0) is 26.4. The third kappa shape index (κ3) is 4.37. The van der Waals surface area contributed by atoms with Crippen molar-refractivity contribution in [2.75, 3.05) is 11.6 Å². The highest BCUT2D eigenvalue weighted by Crippen LogP contribution is 2.56. The number of amides is 3. The Hall–Kier alpha value is -2.32. The van der Waals surface area contributed by atoms with Gasteiger partial charge in [0.25, 0.3) is 0 Å². The van der Waals surface area contributed by atoms with E-state index in [4.69, 9.17) is 4.74 Å². The molecule has 38 heavy (non-hydrogen) atoms. The number of nitrogens with one attached hydrogen (secondary N) is 2. The molecular formula is C30H39N3O4S. The minimum atomic E-state index is -1.09. The van der Waals surface area contributed by atoms with Gasteiger partial charge in [0.05, 0.1) is 17.9 Å². The van der Waals surface area contributed by atoms with Gasteiger partial charge in [0, 0.05) is 22.7 Å². The Morgan fingerprint density at radius 3 is 2.55 bits per heavy atom. The van der Waals surface area contributed by atoms with Crippen molar-refractivity contribution < 1.29 is 19.1 Å². The number of hydrogen-bond donors (Lipinski definition) is 2. The third-order valence-corrected chi connectivity index (χ3v) is 10.3. The monoisotopic (exact) mass is 537 g/mol. The summed E-state index contributed by atoms with van der Waals surface area (Å²) in [5, 5.41) is 6.34. The van der Waals surface area contributed by atoms with Crippen molar-refractivity contribution in [3.05, 3.63) is 36.4 Å². The van der Waals surface area contributed by atoms with Gasteiger partial charge in [0.2, 0.25) is 17.7 Å². The van der Waals surface area contributed by atoms with Crippen LogP contribution in [0.2, 0.25) is 0 Å². The third-order valence-electron chi connectivity index (χ3n) is 9.53. The molecule has 1 spiro atoms. The van der Waals surface area contributed by atoms with Crippen LogP contribution >= 0.6 is 11.8 Å². The molecular weight excluding hydrogens is 498 g/mol. The van der Waals surface area contributed by atoms with E-state index >= 15 is 0 Å². The standard InChI is InChI=1S/C30H39N3O4S/c1-18-11-13-21(14-12-18)33-26(28(35)31-19-7-4-3-5-8-19)30-16-15-23(37-30)24(25(30)29(33)36)27(34)32-20-9-6-10-22(17-20)38-2/h6,9-10,15-19,21,23-26H,3-5,7-8,11-14H2,1-2H3,(H,31,35)(H,32,34). The van der Waals surface area contributed by atoms with E-state index < -0.39 is 29.6 Å². The highest BCUT2D eigenvalue weighted by molar-refractivity contribution is 7.98. The minimum Gasteiger partial charge on any atom is -0.359 e. The number of fused-ring (bicyclic) bond motifs is 1. The average Bonchev–Trinajstić information content (AvgIpc) is 3.57. The zero-order valence-corrected chi connectivity index (χ0v) is 23.2. The first-order chi connectivity index (χ1) is 18.4. The van der Waals surface area contributed by atoms with Crippen LogP contribution in [-0.2, 0) is 19.1 Å². The highest BCUT2D eigenvalue weighted by Gasteiger charge is 2.73.